The van der Waals surface area contributed by atoms with Crippen LogP contribution in [0.4, 0.5) is 5.69 Å². The van der Waals surface area contributed by atoms with Gasteiger partial charge in [-0.1, -0.05) is 13.8 Å². The lowest BCUT2D eigenvalue weighted by Crippen LogP contribution is -2.57. The molecule has 23 heavy (non-hydrogen) atoms. The number of amides is 2. The van der Waals surface area contributed by atoms with E-state index in [2.05, 4.69) is 24.5 Å². The normalized spacial score (nSPS) is 20.8. The number of rotatable bonds is 3. The fourth-order valence-corrected chi connectivity index (χ4v) is 2.49. The Kier molecular flexibility index (Phi) is 7.03. The molecule has 1 fully saturated rings. The van der Waals surface area contributed by atoms with Crippen LogP contribution in [0, 0.1) is 5.92 Å². The Labute approximate surface area is 144 Å². The zero-order valence-corrected chi connectivity index (χ0v) is 14.9. The molecule has 1 aromatic carbocycles. The lowest BCUT2D eigenvalue weighted by Gasteiger charge is -2.38. The van der Waals surface area contributed by atoms with E-state index in [1.54, 1.807) is 24.3 Å². The molecule has 2 atom stereocenters. The Morgan fingerprint density at radius 2 is 1.83 bits per heavy atom. The van der Waals surface area contributed by atoms with E-state index < -0.39 is 0 Å². The maximum atomic E-state index is 12.6. The first-order chi connectivity index (χ1) is 10.4. The SMILES string of the molecule is CC(C)C(=O)Nc1ccc(C(=O)N2CCNC(C)C2C)cc1.Cl. The van der Waals surface area contributed by atoms with Crippen molar-refractivity contribution in [3.63, 3.8) is 0 Å². The molecular formula is C17H26ClN3O2. The third-order valence-electron chi connectivity index (χ3n) is 4.22. The molecule has 1 heterocycles. The number of nitrogens with zero attached hydrogens (tertiary/aromatic N) is 1. The van der Waals surface area contributed by atoms with Crippen LogP contribution in [0.1, 0.15) is 38.1 Å². The summed E-state index contributed by atoms with van der Waals surface area (Å²) in [5.41, 5.74) is 1.38. The molecule has 1 aliphatic heterocycles. The first kappa shape index (κ1) is 19.5. The van der Waals surface area contributed by atoms with E-state index in [9.17, 15) is 9.59 Å². The van der Waals surface area contributed by atoms with Gasteiger partial charge in [-0.15, -0.1) is 12.4 Å². The van der Waals surface area contributed by atoms with Crippen LogP contribution in [0.2, 0.25) is 0 Å². The highest BCUT2D eigenvalue weighted by Gasteiger charge is 2.28. The van der Waals surface area contributed by atoms with Crippen LogP contribution in [-0.4, -0.2) is 41.9 Å². The first-order valence-corrected chi connectivity index (χ1v) is 7.85. The fraction of sp³-hybridized carbons (Fsp3) is 0.529. The molecular weight excluding hydrogens is 314 g/mol. The monoisotopic (exact) mass is 339 g/mol. The Bertz CT molecular complexity index is 545. The van der Waals surface area contributed by atoms with E-state index in [-0.39, 0.29) is 36.2 Å². The number of carbonyl (C=O) groups excluding carboxylic acids is 2. The molecule has 0 spiro atoms. The van der Waals surface area contributed by atoms with Gasteiger partial charge in [0, 0.05) is 42.3 Å². The van der Waals surface area contributed by atoms with Crippen LogP contribution in [0.25, 0.3) is 0 Å². The Morgan fingerprint density at radius 1 is 1.22 bits per heavy atom. The van der Waals surface area contributed by atoms with Crippen molar-refractivity contribution in [2.45, 2.75) is 39.8 Å². The van der Waals surface area contributed by atoms with Gasteiger partial charge in [-0.25, -0.2) is 0 Å². The van der Waals surface area contributed by atoms with Crippen molar-refractivity contribution in [3.8, 4) is 0 Å². The molecule has 2 amide bonds. The highest BCUT2D eigenvalue weighted by atomic mass is 35.5. The standard InChI is InChI=1S/C17H25N3O2.ClH/c1-11(2)16(21)19-15-7-5-14(6-8-15)17(22)20-10-9-18-12(3)13(20)4;/h5-8,11-13,18H,9-10H2,1-4H3,(H,19,21);1H. The van der Waals surface area contributed by atoms with Crippen molar-refractivity contribution in [1.29, 1.82) is 0 Å². The lowest BCUT2D eigenvalue weighted by atomic mass is 10.1. The Hall–Kier alpha value is -1.59. The van der Waals surface area contributed by atoms with Gasteiger partial charge in [-0.05, 0) is 38.1 Å². The summed E-state index contributed by atoms with van der Waals surface area (Å²) in [7, 11) is 0. The first-order valence-electron chi connectivity index (χ1n) is 7.85. The third-order valence-corrected chi connectivity index (χ3v) is 4.22. The average Bonchev–Trinajstić information content (AvgIpc) is 2.50. The molecule has 2 N–H and O–H groups in total. The molecule has 2 unspecified atom stereocenters. The van der Waals surface area contributed by atoms with Crippen molar-refractivity contribution in [1.82, 2.24) is 10.2 Å². The number of benzene rings is 1. The van der Waals surface area contributed by atoms with Crippen molar-refractivity contribution >= 4 is 29.9 Å². The highest BCUT2D eigenvalue weighted by Crippen LogP contribution is 2.16. The molecule has 0 saturated carbocycles. The van der Waals surface area contributed by atoms with Crippen LogP contribution in [0.5, 0.6) is 0 Å². The molecule has 128 valence electrons. The van der Waals surface area contributed by atoms with Crippen LogP contribution in [0.15, 0.2) is 24.3 Å². The molecule has 6 heteroatoms. The topological polar surface area (TPSA) is 61.4 Å². The van der Waals surface area contributed by atoms with Crippen LogP contribution in [0.3, 0.4) is 0 Å². The second-order valence-corrected chi connectivity index (χ2v) is 6.20. The van der Waals surface area contributed by atoms with Crippen LogP contribution >= 0.6 is 12.4 Å². The summed E-state index contributed by atoms with van der Waals surface area (Å²) >= 11 is 0. The Morgan fingerprint density at radius 3 is 2.39 bits per heavy atom. The second-order valence-electron chi connectivity index (χ2n) is 6.20. The van der Waals surface area contributed by atoms with Crippen LogP contribution in [-0.2, 0) is 4.79 Å². The summed E-state index contributed by atoms with van der Waals surface area (Å²) < 4.78 is 0. The molecule has 5 nitrogen and oxygen atoms in total. The average molecular weight is 340 g/mol. The minimum absolute atomic E-state index is 0. The van der Waals surface area contributed by atoms with Gasteiger partial charge in [-0.2, -0.15) is 0 Å². The van der Waals surface area contributed by atoms with E-state index in [0.29, 0.717) is 11.6 Å². The van der Waals surface area contributed by atoms with Gasteiger partial charge in [-0.3, -0.25) is 9.59 Å². The summed E-state index contributed by atoms with van der Waals surface area (Å²) in [5, 5.41) is 6.20. The van der Waals surface area contributed by atoms with Gasteiger partial charge < -0.3 is 15.5 Å². The van der Waals surface area contributed by atoms with Gasteiger partial charge in [0.05, 0.1) is 0 Å². The van der Waals surface area contributed by atoms with Gasteiger partial charge in [0.25, 0.3) is 5.91 Å². The molecule has 0 aliphatic carbocycles. The van der Waals surface area contributed by atoms with Crippen molar-refractivity contribution in [2.75, 3.05) is 18.4 Å². The predicted molar refractivity (Wildman–Crippen MR) is 95.1 cm³/mol. The largest absolute Gasteiger partial charge is 0.333 e. The lowest BCUT2D eigenvalue weighted by molar-refractivity contribution is -0.118. The number of halogens is 1. The van der Waals surface area contributed by atoms with Gasteiger partial charge in [0.15, 0.2) is 0 Å². The van der Waals surface area contributed by atoms with Crippen molar-refractivity contribution in [2.24, 2.45) is 5.92 Å². The molecule has 1 aromatic rings. The predicted octanol–water partition coefficient (Wildman–Crippen LogP) is 2.53. The van der Waals surface area contributed by atoms with E-state index in [0.717, 1.165) is 18.8 Å². The number of piperazine rings is 1. The number of anilines is 1. The van der Waals surface area contributed by atoms with E-state index in [1.165, 1.54) is 0 Å². The minimum Gasteiger partial charge on any atom is -0.333 e. The summed E-state index contributed by atoms with van der Waals surface area (Å²) in [5.74, 6) is -0.0456. The third kappa shape index (κ3) is 4.69. The number of nitrogens with one attached hydrogen (secondary N) is 2. The van der Waals surface area contributed by atoms with Crippen LogP contribution < -0.4 is 10.6 Å². The molecule has 1 saturated heterocycles. The summed E-state index contributed by atoms with van der Waals surface area (Å²) in [6, 6.07) is 7.58. The zero-order chi connectivity index (χ0) is 16.3. The van der Waals surface area contributed by atoms with E-state index in [4.69, 9.17) is 0 Å². The van der Waals surface area contributed by atoms with Gasteiger partial charge in [0.2, 0.25) is 5.91 Å². The van der Waals surface area contributed by atoms with Crippen molar-refractivity contribution in [3.05, 3.63) is 29.8 Å². The minimum atomic E-state index is -0.0653. The summed E-state index contributed by atoms with van der Waals surface area (Å²) in [6.07, 6.45) is 0. The second kappa shape index (κ2) is 8.31. The van der Waals surface area contributed by atoms with Gasteiger partial charge >= 0.3 is 0 Å². The quantitative estimate of drug-likeness (QED) is 0.889. The smallest absolute Gasteiger partial charge is 0.254 e. The molecule has 0 aromatic heterocycles. The van der Waals surface area contributed by atoms with E-state index in [1.807, 2.05) is 18.7 Å². The van der Waals surface area contributed by atoms with Crippen molar-refractivity contribution < 1.29 is 9.59 Å². The molecule has 0 bridgehead atoms. The fourth-order valence-electron chi connectivity index (χ4n) is 2.49. The zero-order valence-electron chi connectivity index (χ0n) is 14.1. The number of hydrogen-bond acceptors (Lipinski definition) is 3. The maximum absolute atomic E-state index is 12.6. The summed E-state index contributed by atoms with van der Waals surface area (Å²) in [6.45, 7) is 9.39. The summed E-state index contributed by atoms with van der Waals surface area (Å²) in [4.78, 5) is 26.2. The maximum Gasteiger partial charge on any atom is 0.254 e. The highest BCUT2D eigenvalue weighted by molar-refractivity contribution is 5.96. The van der Waals surface area contributed by atoms with Gasteiger partial charge in [0.1, 0.15) is 0 Å². The van der Waals surface area contributed by atoms with E-state index >= 15 is 0 Å². The molecule has 2 rings (SSSR count). The molecule has 0 radical (unpaired) electrons. The number of carbonyl (C=O) groups is 2. The Balaban J connectivity index is 0.00000264. The molecule has 1 aliphatic rings. The number of hydrogen-bond donors (Lipinski definition) is 2.